The fourth-order valence-corrected chi connectivity index (χ4v) is 3.18. The molecule has 39 heavy (non-hydrogen) atoms. The molecule has 0 radical (unpaired) electrons. The van der Waals surface area contributed by atoms with E-state index in [1.807, 2.05) is 34.6 Å². The van der Waals surface area contributed by atoms with Crippen LogP contribution in [0.2, 0.25) is 0 Å². The second kappa shape index (κ2) is 15.3. The molecule has 0 saturated carbocycles. The zero-order valence-electron chi connectivity index (χ0n) is 24.1. The third kappa shape index (κ3) is 11.5. The fraction of sp³-hybridized carbons (Fsp3) is 0.643. The lowest BCUT2D eigenvalue weighted by Crippen LogP contribution is -2.39. The monoisotopic (exact) mass is 553 g/mol. The van der Waals surface area contributed by atoms with Crippen LogP contribution < -0.4 is 15.2 Å². The number of hydrogen-bond acceptors (Lipinski definition) is 10. The highest BCUT2D eigenvalue weighted by molar-refractivity contribution is 5.76. The minimum atomic E-state index is -1.38. The molecule has 0 heterocycles. The summed E-state index contributed by atoms with van der Waals surface area (Å²) in [4.78, 5) is 48.9. The van der Waals surface area contributed by atoms with Crippen molar-refractivity contribution in [3.05, 3.63) is 23.8 Å². The van der Waals surface area contributed by atoms with Gasteiger partial charge in [-0.2, -0.15) is 0 Å². The van der Waals surface area contributed by atoms with E-state index < -0.39 is 47.7 Å². The average Bonchev–Trinajstić information content (AvgIpc) is 2.85. The van der Waals surface area contributed by atoms with Gasteiger partial charge in [0.1, 0.15) is 6.04 Å². The van der Waals surface area contributed by atoms with Gasteiger partial charge in [-0.3, -0.25) is 9.59 Å². The molecule has 3 atom stereocenters. The Bertz CT molecular complexity index is 989. The standard InChI is InChI=1S/C28H43NO10/c1-9-28(7,8)25(32)37-18(6)12-20(23(29)24(30)31)19-10-11-21(38-26(33)35-14-16(2)3)22(13-19)39-27(34)36-15-17(4)5/h10-11,13,16-18,20,23H,9,12,14-15,29H2,1-8H3,(H,30,31)/t18?,20?,23-/m0/s1. The van der Waals surface area contributed by atoms with Crippen molar-refractivity contribution >= 4 is 24.2 Å². The topological polar surface area (TPSA) is 161 Å². The SMILES string of the molecule is CCC(C)(C)C(=O)OC(C)CC(c1ccc(OC(=O)OCC(C)C)c(OC(=O)OCC(C)C)c1)[C@H](N)C(=O)O. The Labute approximate surface area is 230 Å². The normalized spacial score (nSPS) is 13.8. The largest absolute Gasteiger partial charge is 0.513 e. The van der Waals surface area contributed by atoms with Crippen molar-refractivity contribution in [3.8, 4) is 11.5 Å². The smallest absolute Gasteiger partial charge is 0.480 e. The molecule has 0 amide bonds. The maximum absolute atomic E-state index is 12.6. The first-order valence-corrected chi connectivity index (χ1v) is 13.1. The highest BCUT2D eigenvalue weighted by Crippen LogP contribution is 2.35. The summed E-state index contributed by atoms with van der Waals surface area (Å²) in [6.07, 6.45) is -2.10. The lowest BCUT2D eigenvalue weighted by atomic mass is 9.86. The summed E-state index contributed by atoms with van der Waals surface area (Å²) in [6, 6.07) is 2.80. The molecule has 0 saturated heterocycles. The molecule has 2 unspecified atom stereocenters. The van der Waals surface area contributed by atoms with Crippen LogP contribution in [-0.2, 0) is 23.8 Å². The third-order valence-corrected chi connectivity index (χ3v) is 5.90. The van der Waals surface area contributed by atoms with Crippen LogP contribution in [0.15, 0.2) is 18.2 Å². The minimum absolute atomic E-state index is 0.0467. The van der Waals surface area contributed by atoms with Crippen molar-refractivity contribution in [1.82, 2.24) is 0 Å². The second-order valence-electron chi connectivity index (χ2n) is 11.0. The quantitative estimate of drug-likeness (QED) is 0.175. The van der Waals surface area contributed by atoms with E-state index in [1.54, 1.807) is 20.8 Å². The summed E-state index contributed by atoms with van der Waals surface area (Å²) in [7, 11) is 0. The van der Waals surface area contributed by atoms with Gasteiger partial charge in [-0.1, -0.05) is 40.7 Å². The predicted molar refractivity (Wildman–Crippen MR) is 143 cm³/mol. The predicted octanol–water partition coefficient (Wildman–Crippen LogP) is 5.28. The highest BCUT2D eigenvalue weighted by Gasteiger charge is 2.33. The van der Waals surface area contributed by atoms with Crippen molar-refractivity contribution in [3.63, 3.8) is 0 Å². The van der Waals surface area contributed by atoms with Crippen LogP contribution in [0.1, 0.15) is 79.7 Å². The van der Waals surface area contributed by atoms with E-state index in [4.69, 9.17) is 29.4 Å². The van der Waals surface area contributed by atoms with Gasteiger partial charge in [-0.05, 0) is 63.1 Å². The van der Waals surface area contributed by atoms with Crippen molar-refractivity contribution in [2.75, 3.05) is 13.2 Å². The molecule has 0 aromatic heterocycles. The molecule has 0 aliphatic carbocycles. The van der Waals surface area contributed by atoms with Crippen LogP contribution >= 0.6 is 0 Å². The molecule has 220 valence electrons. The average molecular weight is 554 g/mol. The number of carbonyl (C=O) groups excluding carboxylic acids is 3. The van der Waals surface area contributed by atoms with Gasteiger partial charge in [-0.25, -0.2) is 9.59 Å². The number of carboxylic acids is 1. The van der Waals surface area contributed by atoms with E-state index in [0.29, 0.717) is 12.0 Å². The van der Waals surface area contributed by atoms with Gasteiger partial charge in [0.15, 0.2) is 11.5 Å². The zero-order chi connectivity index (χ0) is 29.9. The molecule has 1 rings (SSSR count). The molecule has 0 bridgehead atoms. The number of aliphatic carboxylic acids is 1. The minimum Gasteiger partial charge on any atom is -0.480 e. The number of ether oxygens (including phenoxy) is 5. The van der Waals surface area contributed by atoms with E-state index >= 15 is 0 Å². The van der Waals surface area contributed by atoms with Gasteiger partial charge in [0.05, 0.1) is 24.7 Å². The molecule has 1 aromatic rings. The second-order valence-corrected chi connectivity index (χ2v) is 11.0. The number of rotatable bonds is 14. The maximum Gasteiger partial charge on any atom is 0.513 e. The van der Waals surface area contributed by atoms with E-state index in [0.717, 1.165) is 0 Å². The van der Waals surface area contributed by atoms with Gasteiger partial charge >= 0.3 is 24.2 Å². The van der Waals surface area contributed by atoms with Gasteiger partial charge < -0.3 is 34.5 Å². The number of nitrogens with two attached hydrogens (primary N) is 1. The third-order valence-electron chi connectivity index (χ3n) is 5.90. The van der Waals surface area contributed by atoms with Crippen LogP contribution in [0.4, 0.5) is 9.59 Å². The molecule has 0 fully saturated rings. The van der Waals surface area contributed by atoms with E-state index in [2.05, 4.69) is 0 Å². The molecule has 3 N–H and O–H groups in total. The summed E-state index contributed by atoms with van der Waals surface area (Å²) in [5.41, 5.74) is 5.67. The number of esters is 1. The summed E-state index contributed by atoms with van der Waals surface area (Å²) in [5, 5.41) is 9.67. The molecule has 0 aliphatic rings. The molecule has 0 aliphatic heterocycles. The molecule has 1 aromatic carbocycles. The Balaban J connectivity index is 3.34. The lowest BCUT2D eigenvalue weighted by molar-refractivity contribution is -0.159. The van der Waals surface area contributed by atoms with Crippen LogP contribution in [0.3, 0.4) is 0 Å². The van der Waals surface area contributed by atoms with Crippen LogP contribution in [0.25, 0.3) is 0 Å². The van der Waals surface area contributed by atoms with Crippen LogP contribution in [0.5, 0.6) is 11.5 Å². The zero-order valence-corrected chi connectivity index (χ0v) is 24.1. The summed E-state index contributed by atoms with van der Waals surface area (Å²) >= 11 is 0. The number of hydrogen-bond donors (Lipinski definition) is 2. The first-order chi connectivity index (χ1) is 18.1. The first-order valence-electron chi connectivity index (χ1n) is 13.1. The van der Waals surface area contributed by atoms with Crippen molar-refractivity contribution < 1.29 is 48.0 Å². The van der Waals surface area contributed by atoms with Crippen molar-refractivity contribution in [2.24, 2.45) is 23.0 Å². The highest BCUT2D eigenvalue weighted by atomic mass is 16.7. The first kappa shape index (κ1) is 33.7. The molecule has 11 heteroatoms. The van der Waals surface area contributed by atoms with Crippen molar-refractivity contribution in [2.45, 2.75) is 86.3 Å². The van der Waals surface area contributed by atoms with Crippen LogP contribution in [-0.4, -0.2) is 54.7 Å². The van der Waals surface area contributed by atoms with Gasteiger partial charge in [0.25, 0.3) is 0 Å². The van der Waals surface area contributed by atoms with Gasteiger partial charge in [0.2, 0.25) is 0 Å². The number of carbonyl (C=O) groups is 4. The Morgan fingerprint density at radius 3 is 1.87 bits per heavy atom. The van der Waals surface area contributed by atoms with E-state index in [1.165, 1.54) is 18.2 Å². The lowest BCUT2D eigenvalue weighted by Gasteiger charge is -2.28. The summed E-state index contributed by atoms with van der Waals surface area (Å²) < 4.78 is 26.2. The number of carboxylic acid groups (broad SMARTS) is 1. The molecular formula is C28H43NO10. The molecule has 11 nitrogen and oxygen atoms in total. The Kier molecular flexibility index (Phi) is 13.2. The fourth-order valence-electron chi connectivity index (χ4n) is 3.18. The Morgan fingerprint density at radius 2 is 1.41 bits per heavy atom. The molecular weight excluding hydrogens is 510 g/mol. The summed E-state index contributed by atoms with van der Waals surface area (Å²) in [5.74, 6) is -2.76. The number of benzene rings is 1. The Morgan fingerprint density at radius 1 is 0.897 bits per heavy atom. The molecule has 0 spiro atoms. The van der Waals surface area contributed by atoms with E-state index in [9.17, 15) is 24.3 Å². The maximum atomic E-state index is 12.6. The summed E-state index contributed by atoms with van der Waals surface area (Å²) in [6.45, 7) is 14.6. The van der Waals surface area contributed by atoms with E-state index in [-0.39, 0.29) is 43.0 Å². The van der Waals surface area contributed by atoms with Crippen LogP contribution in [0, 0.1) is 17.3 Å². The van der Waals surface area contributed by atoms with Gasteiger partial charge in [-0.15, -0.1) is 0 Å². The van der Waals surface area contributed by atoms with Crippen molar-refractivity contribution in [1.29, 1.82) is 0 Å². The Hall–Kier alpha value is -3.34. The van der Waals surface area contributed by atoms with Gasteiger partial charge in [0, 0.05) is 5.92 Å².